The zero-order valence-corrected chi connectivity index (χ0v) is 30.1. The number of allylic oxidation sites excluding steroid dienone is 2. The zero-order chi connectivity index (χ0) is 34.2. The SMILES string of the molecule is CC1CCC(n2cccn2)CCC1CC(=C1CC1)c1cc(C(=O)C2CCCCCC2C)c2cc(OCc3nc4ccccc4s3)c(F)cc2n1. The molecule has 2 aromatic carbocycles. The number of halogens is 1. The van der Waals surface area contributed by atoms with Gasteiger partial charge in [0.15, 0.2) is 17.3 Å². The lowest BCUT2D eigenvalue weighted by Gasteiger charge is -2.24. The Hall–Kier alpha value is -3.91. The molecule has 5 unspecified atom stereocenters. The summed E-state index contributed by atoms with van der Waals surface area (Å²) in [6, 6.07) is 15.7. The van der Waals surface area contributed by atoms with E-state index in [-0.39, 0.29) is 24.1 Å². The summed E-state index contributed by atoms with van der Waals surface area (Å²) in [5.41, 5.74) is 5.68. The molecule has 3 saturated carbocycles. The smallest absolute Gasteiger partial charge is 0.167 e. The minimum atomic E-state index is -0.466. The number of fused-ring (bicyclic) bond motifs is 2. The number of aromatic nitrogens is 4. The van der Waals surface area contributed by atoms with Crippen molar-refractivity contribution in [2.75, 3.05) is 0 Å². The van der Waals surface area contributed by atoms with Gasteiger partial charge < -0.3 is 4.74 Å². The molecule has 8 heteroatoms. The number of para-hydroxylation sites is 1. The van der Waals surface area contributed by atoms with Gasteiger partial charge in [0.05, 0.1) is 27.5 Å². The number of hydrogen-bond acceptors (Lipinski definition) is 6. The van der Waals surface area contributed by atoms with E-state index in [1.807, 2.05) is 36.5 Å². The van der Waals surface area contributed by atoms with Crippen molar-refractivity contribution in [3.8, 4) is 5.75 Å². The predicted molar refractivity (Wildman–Crippen MR) is 199 cm³/mol. The fourth-order valence-corrected chi connectivity index (χ4v) is 9.43. The Morgan fingerprint density at radius 1 is 0.920 bits per heavy atom. The predicted octanol–water partition coefficient (Wildman–Crippen LogP) is 11.2. The number of benzene rings is 2. The van der Waals surface area contributed by atoms with E-state index in [0.29, 0.717) is 40.3 Å². The summed E-state index contributed by atoms with van der Waals surface area (Å²) >= 11 is 1.55. The molecule has 3 aliphatic rings. The Balaban J connectivity index is 1.14. The standard InChI is InChI=1S/C42H47FN4O2S/c1-26-13-17-30(47-20-8-19-44-47)18-16-29(26)21-32(28-14-15-28)37-22-34(42(48)31-10-5-3-4-9-27(31)2)33-23-39(35(43)24-38(33)45-37)49-25-41-46-36-11-6-7-12-40(36)50-41/h6-8,11-12,19-20,22-24,26-27,29-31H,3-5,9-10,13-18,21,25H2,1-2H3. The van der Waals surface area contributed by atoms with Gasteiger partial charge in [0.25, 0.3) is 0 Å². The van der Waals surface area contributed by atoms with Gasteiger partial charge in [0, 0.05) is 35.3 Å². The number of hydrogen-bond donors (Lipinski definition) is 0. The van der Waals surface area contributed by atoms with Gasteiger partial charge >= 0.3 is 0 Å². The summed E-state index contributed by atoms with van der Waals surface area (Å²) in [5, 5.41) is 6.02. The van der Waals surface area contributed by atoms with E-state index in [1.54, 1.807) is 17.4 Å². The van der Waals surface area contributed by atoms with Crippen LogP contribution in [0.4, 0.5) is 4.39 Å². The first-order chi connectivity index (χ1) is 24.4. The van der Waals surface area contributed by atoms with Gasteiger partial charge in [-0.15, -0.1) is 11.3 Å². The average Bonchev–Trinajstić information content (AvgIpc) is 3.76. The molecule has 0 N–H and O–H groups in total. The molecule has 0 bridgehead atoms. The Labute approximate surface area is 298 Å². The van der Waals surface area contributed by atoms with Crippen molar-refractivity contribution in [3.63, 3.8) is 0 Å². The third-order valence-corrected chi connectivity index (χ3v) is 12.8. The van der Waals surface area contributed by atoms with Gasteiger partial charge in [0.2, 0.25) is 0 Å². The Kier molecular flexibility index (Phi) is 9.56. The first kappa shape index (κ1) is 33.2. The highest BCUT2D eigenvalue weighted by molar-refractivity contribution is 7.18. The van der Waals surface area contributed by atoms with Crippen molar-refractivity contribution in [1.29, 1.82) is 0 Å². The fourth-order valence-electron chi connectivity index (χ4n) is 8.55. The molecule has 0 radical (unpaired) electrons. The monoisotopic (exact) mass is 690 g/mol. The van der Waals surface area contributed by atoms with Crippen LogP contribution in [0, 0.1) is 29.5 Å². The highest BCUT2D eigenvalue weighted by Gasteiger charge is 2.32. The molecule has 260 valence electrons. The maximum atomic E-state index is 15.9. The van der Waals surface area contributed by atoms with Crippen molar-refractivity contribution in [1.82, 2.24) is 19.7 Å². The van der Waals surface area contributed by atoms with Crippen molar-refractivity contribution in [2.24, 2.45) is 23.7 Å². The summed E-state index contributed by atoms with van der Waals surface area (Å²) in [7, 11) is 0. The average molecular weight is 691 g/mol. The number of Topliss-reactive ketones (excluding diaryl/α,β-unsaturated/α-hetero) is 1. The van der Waals surface area contributed by atoms with Crippen LogP contribution in [0.3, 0.4) is 0 Å². The molecule has 0 aliphatic heterocycles. The molecule has 0 amide bonds. The first-order valence-electron chi connectivity index (χ1n) is 18.8. The molecular weight excluding hydrogens is 644 g/mol. The molecule has 3 heterocycles. The lowest BCUT2D eigenvalue weighted by atomic mass is 9.81. The molecule has 3 fully saturated rings. The third kappa shape index (κ3) is 7.01. The molecule has 8 rings (SSSR count). The van der Waals surface area contributed by atoms with Gasteiger partial charge in [-0.3, -0.25) is 9.48 Å². The second-order valence-electron chi connectivity index (χ2n) is 15.1. The van der Waals surface area contributed by atoms with E-state index in [1.165, 1.54) is 30.1 Å². The van der Waals surface area contributed by atoms with Crippen LogP contribution in [0.1, 0.15) is 118 Å². The minimum Gasteiger partial charge on any atom is -0.483 e. The number of nitrogens with zero attached hydrogens (tertiary/aromatic N) is 4. The van der Waals surface area contributed by atoms with Gasteiger partial charge in [-0.05, 0) is 105 Å². The summed E-state index contributed by atoms with van der Waals surface area (Å²) < 4.78 is 25.2. The quantitative estimate of drug-likeness (QED) is 0.114. The van der Waals surface area contributed by atoms with Gasteiger partial charge in [-0.2, -0.15) is 5.10 Å². The fraction of sp³-hybridized carbons (Fsp3) is 0.476. The molecule has 0 saturated heterocycles. The van der Waals surface area contributed by atoms with Gasteiger partial charge in [0.1, 0.15) is 11.6 Å². The molecule has 0 spiro atoms. The van der Waals surface area contributed by atoms with E-state index in [4.69, 9.17) is 9.72 Å². The van der Waals surface area contributed by atoms with Crippen molar-refractivity contribution in [2.45, 2.75) is 104 Å². The van der Waals surface area contributed by atoms with Crippen LogP contribution >= 0.6 is 11.3 Å². The maximum Gasteiger partial charge on any atom is 0.167 e. The molecule has 5 atom stereocenters. The lowest BCUT2D eigenvalue weighted by molar-refractivity contribution is 0.0873. The van der Waals surface area contributed by atoms with Crippen molar-refractivity contribution < 1.29 is 13.9 Å². The summed E-state index contributed by atoms with van der Waals surface area (Å²) in [6.07, 6.45) is 17.0. The van der Waals surface area contributed by atoms with E-state index in [9.17, 15) is 4.79 Å². The Morgan fingerprint density at radius 2 is 1.76 bits per heavy atom. The number of pyridine rings is 1. The van der Waals surface area contributed by atoms with Crippen molar-refractivity contribution in [3.05, 3.63) is 88.6 Å². The number of carbonyl (C=O) groups is 1. The van der Waals surface area contributed by atoms with E-state index < -0.39 is 5.82 Å². The first-order valence-corrected chi connectivity index (χ1v) is 19.6. The molecule has 3 aliphatic carbocycles. The maximum absolute atomic E-state index is 15.9. The van der Waals surface area contributed by atoms with Crippen LogP contribution in [0.5, 0.6) is 5.75 Å². The van der Waals surface area contributed by atoms with E-state index in [0.717, 1.165) is 85.1 Å². The number of ether oxygens (including phenoxy) is 1. The van der Waals surface area contributed by atoms with Crippen LogP contribution in [0.2, 0.25) is 0 Å². The normalized spacial score (nSPS) is 24.2. The highest BCUT2D eigenvalue weighted by Crippen LogP contribution is 2.45. The van der Waals surface area contributed by atoms with E-state index in [2.05, 4.69) is 40.9 Å². The summed E-state index contributed by atoms with van der Waals surface area (Å²) in [4.78, 5) is 24.5. The zero-order valence-electron chi connectivity index (χ0n) is 29.2. The number of rotatable bonds is 9. The minimum absolute atomic E-state index is 0.0498. The Morgan fingerprint density at radius 3 is 2.58 bits per heavy atom. The molecule has 5 aromatic rings. The largest absolute Gasteiger partial charge is 0.483 e. The van der Waals surface area contributed by atoms with Crippen LogP contribution in [-0.2, 0) is 6.61 Å². The van der Waals surface area contributed by atoms with Crippen LogP contribution < -0.4 is 4.74 Å². The van der Waals surface area contributed by atoms with Crippen LogP contribution in [0.15, 0.2) is 66.5 Å². The molecular formula is C42H47FN4O2S. The molecule has 50 heavy (non-hydrogen) atoms. The van der Waals surface area contributed by atoms with Crippen LogP contribution in [0.25, 0.3) is 26.7 Å². The van der Waals surface area contributed by atoms with E-state index >= 15 is 4.39 Å². The second kappa shape index (κ2) is 14.4. The van der Waals surface area contributed by atoms with Crippen LogP contribution in [-0.4, -0.2) is 25.5 Å². The molecule has 6 nitrogen and oxygen atoms in total. The topological polar surface area (TPSA) is 69.9 Å². The van der Waals surface area contributed by atoms with Gasteiger partial charge in [-0.25, -0.2) is 14.4 Å². The second-order valence-corrected chi connectivity index (χ2v) is 16.2. The lowest BCUT2D eigenvalue weighted by Crippen LogP contribution is -2.22. The summed E-state index contributed by atoms with van der Waals surface area (Å²) in [5.74, 6) is 1.19. The number of thiazole rings is 1. The third-order valence-electron chi connectivity index (χ3n) is 11.7. The molecule has 3 aromatic heterocycles. The number of carbonyl (C=O) groups excluding carboxylic acids is 1. The van der Waals surface area contributed by atoms with Crippen molar-refractivity contribution >= 4 is 43.8 Å². The van der Waals surface area contributed by atoms with Gasteiger partial charge in [-0.1, -0.05) is 57.2 Å². The number of ketones is 1. The summed E-state index contributed by atoms with van der Waals surface area (Å²) in [6.45, 7) is 4.78. The highest BCUT2D eigenvalue weighted by atomic mass is 32.1. The Bertz CT molecular complexity index is 2000.